The predicted octanol–water partition coefficient (Wildman–Crippen LogP) is 1.74. The standard InChI is InChI=1S/C8H13N3/c1-6(2)11-8(5-9-10-11)7-3-4-7/h5-7H,3-4H2,1-2H3. The van der Waals surface area contributed by atoms with Gasteiger partial charge in [0.15, 0.2) is 0 Å². The van der Waals surface area contributed by atoms with Gasteiger partial charge in [0.05, 0.1) is 11.9 Å². The van der Waals surface area contributed by atoms with E-state index in [2.05, 4.69) is 24.2 Å². The van der Waals surface area contributed by atoms with E-state index in [1.165, 1.54) is 18.5 Å². The first-order chi connectivity index (χ1) is 5.29. The number of nitrogens with zero attached hydrogens (tertiary/aromatic N) is 3. The van der Waals surface area contributed by atoms with Gasteiger partial charge >= 0.3 is 0 Å². The molecule has 0 aliphatic heterocycles. The zero-order valence-electron chi connectivity index (χ0n) is 6.99. The smallest absolute Gasteiger partial charge is 0.0728 e. The van der Waals surface area contributed by atoms with Crippen LogP contribution < -0.4 is 0 Å². The molecule has 60 valence electrons. The molecule has 0 spiro atoms. The van der Waals surface area contributed by atoms with E-state index in [9.17, 15) is 0 Å². The third kappa shape index (κ3) is 1.15. The molecule has 0 atom stereocenters. The minimum absolute atomic E-state index is 0.452. The van der Waals surface area contributed by atoms with E-state index in [1.54, 1.807) is 0 Å². The quantitative estimate of drug-likeness (QED) is 0.644. The minimum Gasteiger partial charge on any atom is -0.247 e. The SMILES string of the molecule is CC(C)n1nncc1C1CC1. The summed E-state index contributed by atoms with van der Waals surface area (Å²) in [6.07, 6.45) is 4.54. The Morgan fingerprint density at radius 1 is 1.55 bits per heavy atom. The topological polar surface area (TPSA) is 30.7 Å². The fraction of sp³-hybridized carbons (Fsp3) is 0.750. The zero-order chi connectivity index (χ0) is 7.84. The van der Waals surface area contributed by atoms with Gasteiger partial charge in [-0.1, -0.05) is 5.21 Å². The first-order valence-electron chi connectivity index (χ1n) is 4.19. The van der Waals surface area contributed by atoms with Gasteiger partial charge in [-0.25, -0.2) is 4.68 Å². The maximum atomic E-state index is 4.04. The molecule has 2 rings (SSSR count). The lowest BCUT2D eigenvalue weighted by molar-refractivity contribution is 0.494. The number of hydrogen-bond acceptors (Lipinski definition) is 2. The summed E-state index contributed by atoms with van der Waals surface area (Å²) in [5.74, 6) is 0.757. The van der Waals surface area contributed by atoms with E-state index in [0.717, 1.165) is 5.92 Å². The third-order valence-corrected chi connectivity index (χ3v) is 2.09. The van der Waals surface area contributed by atoms with Gasteiger partial charge in [0.2, 0.25) is 0 Å². The highest BCUT2D eigenvalue weighted by molar-refractivity contribution is 5.10. The van der Waals surface area contributed by atoms with Crippen molar-refractivity contribution >= 4 is 0 Å². The van der Waals surface area contributed by atoms with Crippen LogP contribution in [-0.2, 0) is 0 Å². The summed E-state index contributed by atoms with van der Waals surface area (Å²) in [4.78, 5) is 0. The molecule has 0 saturated heterocycles. The van der Waals surface area contributed by atoms with E-state index in [4.69, 9.17) is 0 Å². The molecule has 0 radical (unpaired) electrons. The molecule has 11 heavy (non-hydrogen) atoms. The summed E-state index contributed by atoms with van der Waals surface area (Å²) in [7, 11) is 0. The second-order valence-corrected chi connectivity index (χ2v) is 3.47. The van der Waals surface area contributed by atoms with Crippen LogP contribution in [0.2, 0.25) is 0 Å². The Morgan fingerprint density at radius 2 is 2.27 bits per heavy atom. The fourth-order valence-corrected chi connectivity index (χ4v) is 1.32. The van der Waals surface area contributed by atoms with E-state index in [-0.39, 0.29) is 0 Å². The molecule has 0 bridgehead atoms. The van der Waals surface area contributed by atoms with E-state index >= 15 is 0 Å². The van der Waals surface area contributed by atoms with Crippen LogP contribution in [0, 0.1) is 0 Å². The Kier molecular flexibility index (Phi) is 1.44. The van der Waals surface area contributed by atoms with Crippen LogP contribution in [0.4, 0.5) is 0 Å². The van der Waals surface area contributed by atoms with Crippen molar-refractivity contribution in [2.24, 2.45) is 0 Å². The van der Waals surface area contributed by atoms with Crippen molar-refractivity contribution in [1.82, 2.24) is 15.0 Å². The van der Waals surface area contributed by atoms with Gasteiger partial charge in [-0.2, -0.15) is 0 Å². The summed E-state index contributed by atoms with van der Waals surface area (Å²) in [5, 5.41) is 7.96. The second-order valence-electron chi connectivity index (χ2n) is 3.47. The van der Waals surface area contributed by atoms with Gasteiger partial charge in [0.1, 0.15) is 0 Å². The average Bonchev–Trinajstić information content (AvgIpc) is 2.68. The summed E-state index contributed by atoms with van der Waals surface area (Å²) in [6.45, 7) is 4.28. The molecule has 3 heteroatoms. The molecular weight excluding hydrogens is 138 g/mol. The maximum Gasteiger partial charge on any atom is 0.0728 e. The Hall–Kier alpha value is -0.860. The summed E-state index contributed by atoms with van der Waals surface area (Å²) < 4.78 is 2.03. The van der Waals surface area contributed by atoms with Gasteiger partial charge in [-0.3, -0.25) is 0 Å². The summed E-state index contributed by atoms with van der Waals surface area (Å²) >= 11 is 0. The normalized spacial score (nSPS) is 17.7. The molecule has 1 aliphatic rings. The van der Waals surface area contributed by atoms with Crippen molar-refractivity contribution in [1.29, 1.82) is 0 Å². The van der Waals surface area contributed by atoms with E-state index < -0.39 is 0 Å². The molecule has 1 saturated carbocycles. The molecule has 0 amide bonds. The summed E-state index contributed by atoms with van der Waals surface area (Å²) in [6, 6.07) is 0.452. The van der Waals surface area contributed by atoms with Crippen molar-refractivity contribution in [3.63, 3.8) is 0 Å². The van der Waals surface area contributed by atoms with Crippen LogP contribution >= 0.6 is 0 Å². The predicted molar refractivity (Wildman–Crippen MR) is 42.4 cm³/mol. The Morgan fingerprint density at radius 3 is 2.82 bits per heavy atom. The average molecular weight is 151 g/mol. The second kappa shape index (κ2) is 2.32. The highest BCUT2D eigenvalue weighted by atomic mass is 15.4. The molecular formula is C8H13N3. The molecule has 1 aromatic rings. The molecule has 1 fully saturated rings. The first-order valence-corrected chi connectivity index (χ1v) is 4.19. The number of rotatable bonds is 2. The largest absolute Gasteiger partial charge is 0.247 e. The number of hydrogen-bond donors (Lipinski definition) is 0. The third-order valence-electron chi connectivity index (χ3n) is 2.09. The fourth-order valence-electron chi connectivity index (χ4n) is 1.32. The Bertz CT molecular complexity index is 231. The van der Waals surface area contributed by atoms with Crippen LogP contribution in [0.3, 0.4) is 0 Å². The Labute approximate surface area is 66.4 Å². The lowest BCUT2D eigenvalue weighted by Gasteiger charge is -2.07. The monoisotopic (exact) mass is 151 g/mol. The highest BCUT2D eigenvalue weighted by Gasteiger charge is 2.27. The number of aromatic nitrogens is 3. The van der Waals surface area contributed by atoms with Gasteiger partial charge in [-0.15, -0.1) is 5.10 Å². The minimum atomic E-state index is 0.452. The van der Waals surface area contributed by atoms with E-state index in [1.807, 2.05) is 10.9 Å². The first kappa shape index (κ1) is 6.83. The van der Waals surface area contributed by atoms with Crippen LogP contribution in [0.1, 0.15) is 44.3 Å². The van der Waals surface area contributed by atoms with Gasteiger partial charge in [-0.05, 0) is 26.7 Å². The molecule has 0 unspecified atom stereocenters. The van der Waals surface area contributed by atoms with Crippen molar-refractivity contribution in [3.8, 4) is 0 Å². The van der Waals surface area contributed by atoms with Crippen LogP contribution in [0.15, 0.2) is 6.20 Å². The lowest BCUT2D eigenvalue weighted by atomic mass is 10.3. The lowest BCUT2D eigenvalue weighted by Crippen LogP contribution is -2.06. The van der Waals surface area contributed by atoms with Crippen molar-refractivity contribution in [2.75, 3.05) is 0 Å². The molecule has 3 nitrogen and oxygen atoms in total. The van der Waals surface area contributed by atoms with Crippen LogP contribution in [0.25, 0.3) is 0 Å². The Balaban J connectivity index is 2.30. The van der Waals surface area contributed by atoms with Crippen molar-refractivity contribution in [3.05, 3.63) is 11.9 Å². The van der Waals surface area contributed by atoms with E-state index in [0.29, 0.717) is 6.04 Å². The van der Waals surface area contributed by atoms with Gasteiger partial charge in [0, 0.05) is 12.0 Å². The van der Waals surface area contributed by atoms with Crippen LogP contribution in [-0.4, -0.2) is 15.0 Å². The molecule has 1 aliphatic carbocycles. The highest BCUT2D eigenvalue weighted by Crippen LogP contribution is 2.40. The van der Waals surface area contributed by atoms with Gasteiger partial charge in [0.25, 0.3) is 0 Å². The maximum absolute atomic E-state index is 4.04. The molecule has 1 aromatic heterocycles. The summed E-state index contributed by atoms with van der Waals surface area (Å²) in [5.41, 5.74) is 1.32. The zero-order valence-corrected chi connectivity index (χ0v) is 6.99. The molecule has 1 heterocycles. The van der Waals surface area contributed by atoms with Crippen molar-refractivity contribution in [2.45, 2.75) is 38.6 Å². The van der Waals surface area contributed by atoms with Crippen molar-refractivity contribution < 1.29 is 0 Å². The van der Waals surface area contributed by atoms with Crippen LogP contribution in [0.5, 0.6) is 0 Å². The molecule has 0 N–H and O–H groups in total. The van der Waals surface area contributed by atoms with Gasteiger partial charge < -0.3 is 0 Å². The molecule has 0 aromatic carbocycles.